The van der Waals surface area contributed by atoms with Gasteiger partial charge in [-0.3, -0.25) is 9.69 Å². The van der Waals surface area contributed by atoms with Crippen molar-refractivity contribution < 1.29 is 27.1 Å². The first-order chi connectivity index (χ1) is 18.0. The highest BCUT2D eigenvalue weighted by Crippen LogP contribution is 2.48. The number of nitrogens with one attached hydrogen (secondary N) is 1. The number of aromatic nitrogens is 2. The lowest BCUT2D eigenvalue weighted by atomic mass is 9.87. The van der Waals surface area contributed by atoms with Crippen LogP contribution in [-0.2, 0) is 26.0 Å². The SMILES string of the molecule is CC1(C)C(=O)N(c2ccc(N3CCOCC3)cc2)c2nc(CO[Si](C)(C)C(C)(C)C)nc(NCC(F)(F)F)c21. The zero-order valence-electron chi connectivity index (χ0n) is 23.7. The van der Waals surface area contributed by atoms with Crippen molar-refractivity contribution in [1.29, 1.82) is 0 Å². The molecule has 0 unspecified atom stereocenters. The molecular weight excluding hydrogens is 527 g/mol. The summed E-state index contributed by atoms with van der Waals surface area (Å²) in [6.45, 7) is 15.4. The van der Waals surface area contributed by atoms with Crippen LogP contribution in [0.1, 0.15) is 46.0 Å². The van der Waals surface area contributed by atoms with E-state index in [9.17, 15) is 18.0 Å². The number of halogens is 3. The molecule has 3 heterocycles. The van der Waals surface area contributed by atoms with Crippen molar-refractivity contribution in [3.8, 4) is 0 Å². The first-order valence-corrected chi connectivity index (χ1v) is 16.1. The van der Waals surface area contributed by atoms with Crippen LogP contribution in [0.4, 0.5) is 36.2 Å². The van der Waals surface area contributed by atoms with Gasteiger partial charge in [0.05, 0.1) is 36.5 Å². The minimum absolute atomic E-state index is 0.00283. The maximum Gasteiger partial charge on any atom is 0.405 e. The second kappa shape index (κ2) is 10.4. The van der Waals surface area contributed by atoms with Crippen LogP contribution in [0.3, 0.4) is 0 Å². The summed E-state index contributed by atoms with van der Waals surface area (Å²) in [4.78, 5) is 26.6. The molecule has 2 aliphatic heterocycles. The normalized spacial score (nSPS) is 17.9. The second-order valence-corrected chi connectivity index (χ2v) is 16.9. The number of carbonyl (C=O) groups is 1. The molecule has 1 aromatic carbocycles. The van der Waals surface area contributed by atoms with E-state index in [1.165, 1.54) is 4.90 Å². The largest absolute Gasteiger partial charge is 0.409 e. The van der Waals surface area contributed by atoms with Gasteiger partial charge in [0.2, 0.25) is 5.91 Å². The first-order valence-electron chi connectivity index (χ1n) is 13.1. The third-order valence-corrected chi connectivity index (χ3v) is 12.3. The van der Waals surface area contributed by atoms with Crippen molar-refractivity contribution in [2.24, 2.45) is 0 Å². The van der Waals surface area contributed by atoms with Crippen LogP contribution in [-0.4, -0.2) is 63.2 Å². The predicted octanol–water partition coefficient (Wildman–Crippen LogP) is 5.77. The Morgan fingerprint density at radius 3 is 2.21 bits per heavy atom. The van der Waals surface area contributed by atoms with Crippen molar-refractivity contribution in [2.45, 2.75) is 70.9 Å². The number of nitrogens with zero attached hydrogens (tertiary/aromatic N) is 4. The fourth-order valence-corrected chi connectivity index (χ4v) is 5.35. The molecular formula is C27H38F3N5O3Si. The molecule has 0 bridgehead atoms. The van der Waals surface area contributed by atoms with E-state index >= 15 is 0 Å². The lowest BCUT2D eigenvalue weighted by Crippen LogP contribution is -2.40. The Morgan fingerprint density at radius 1 is 1.05 bits per heavy atom. The van der Waals surface area contributed by atoms with Crippen molar-refractivity contribution in [1.82, 2.24) is 9.97 Å². The Kier molecular flexibility index (Phi) is 7.78. The number of anilines is 4. The monoisotopic (exact) mass is 565 g/mol. The molecule has 2 aliphatic rings. The molecule has 1 N–H and O–H groups in total. The smallest absolute Gasteiger partial charge is 0.405 e. The van der Waals surface area contributed by atoms with Crippen molar-refractivity contribution in [2.75, 3.05) is 48.0 Å². The van der Waals surface area contributed by atoms with Crippen LogP contribution in [0.15, 0.2) is 24.3 Å². The molecule has 1 saturated heterocycles. The minimum Gasteiger partial charge on any atom is -0.409 e. The average molecular weight is 566 g/mol. The standard InChI is InChI=1S/C27H38F3N5O3Si/c1-25(2,3)39(6,7)38-16-20-32-22(31-17-27(28,29)30)21-23(33-20)35(24(36)26(21,4)5)19-10-8-18(9-11-19)34-12-14-37-15-13-34/h8-11H,12-17H2,1-7H3,(H,31,32,33). The number of hydrogen-bond donors (Lipinski definition) is 1. The number of amides is 1. The molecule has 0 spiro atoms. The number of ether oxygens (including phenoxy) is 1. The minimum atomic E-state index is -4.46. The zero-order valence-corrected chi connectivity index (χ0v) is 24.7. The fourth-order valence-electron chi connectivity index (χ4n) is 4.43. The maximum atomic E-state index is 13.7. The molecule has 0 atom stereocenters. The number of fused-ring (bicyclic) bond motifs is 1. The first kappa shape index (κ1) is 29.3. The molecule has 39 heavy (non-hydrogen) atoms. The summed E-state index contributed by atoms with van der Waals surface area (Å²) in [5.74, 6) is 0.210. The van der Waals surface area contributed by atoms with E-state index in [4.69, 9.17) is 14.1 Å². The number of alkyl halides is 3. The van der Waals surface area contributed by atoms with Crippen LogP contribution >= 0.6 is 0 Å². The van der Waals surface area contributed by atoms with Crippen LogP contribution in [0.2, 0.25) is 18.1 Å². The van der Waals surface area contributed by atoms with Gasteiger partial charge in [-0.1, -0.05) is 20.8 Å². The Labute approximate surface area is 229 Å². The summed E-state index contributed by atoms with van der Waals surface area (Å²) in [5, 5.41) is 2.36. The summed E-state index contributed by atoms with van der Waals surface area (Å²) >= 11 is 0. The van der Waals surface area contributed by atoms with E-state index in [1.807, 2.05) is 24.3 Å². The van der Waals surface area contributed by atoms with Gasteiger partial charge < -0.3 is 19.4 Å². The lowest BCUT2D eigenvalue weighted by molar-refractivity contribution is -0.121. The molecule has 0 saturated carbocycles. The highest BCUT2D eigenvalue weighted by Gasteiger charge is 2.49. The van der Waals surface area contributed by atoms with Crippen LogP contribution in [0.5, 0.6) is 0 Å². The fraction of sp³-hybridized carbons (Fsp3) is 0.593. The molecule has 214 valence electrons. The van der Waals surface area contributed by atoms with E-state index in [0.717, 1.165) is 18.8 Å². The maximum absolute atomic E-state index is 13.7. The van der Waals surface area contributed by atoms with E-state index in [1.54, 1.807) is 13.8 Å². The quantitative estimate of drug-likeness (QED) is 0.427. The van der Waals surface area contributed by atoms with Gasteiger partial charge >= 0.3 is 6.18 Å². The Bertz CT molecular complexity index is 1210. The Balaban J connectivity index is 1.75. The van der Waals surface area contributed by atoms with Crippen LogP contribution in [0, 0.1) is 0 Å². The second-order valence-electron chi connectivity index (χ2n) is 12.1. The molecule has 1 fully saturated rings. The lowest BCUT2D eigenvalue weighted by Gasteiger charge is -2.36. The molecule has 12 heteroatoms. The highest BCUT2D eigenvalue weighted by atomic mass is 28.4. The van der Waals surface area contributed by atoms with Gasteiger partial charge in [-0.05, 0) is 56.2 Å². The number of benzene rings is 1. The van der Waals surface area contributed by atoms with Crippen molar-refractivity contribution >= 4 is 37.2 Å². The summed E-state index contributed by atoms with van der Waals surface area (Å²) in [5.41, 5.74) is 0.780. The number of morpholine rings is 1. The predicted molar refractivity (Wildman–Crippen MR) is 148 cm³/mol. The van der Waals surface area contributed by atoms with Gasteiger partial charge in [0.1, 0.15) is 18.2 Å². The van der Waals surface area contributed by atoms with Gasteiger partial charge in [0.25, 0.3) is 0 Å². The highest BCUT2D eigenvalue weighted by molar-refractivity contribution is 6.74. The molecule has 1 amide bonds. The van der Waals surface area contributed by atoms with Crippen LogP contribution < -0.4 is 15.1 Å². The Hall–Kier alpha value is -2.70. The molecule has 1 aromatic heterocycles. The summed E-state index contributed by atoms with van der Waals surface area (Å²) < 4.78 is 51.4. The number of hydrogen-bond acceptors (Lipinski definition) is 7. The topological polar surface area (TPSA) is 79.8 Å². The summed E-state index contributed by atoms with van der Waals surface area (Å²) in [7, 11) is -2.20. The van der Waals surface area contributed by atoms with E-state index in [-0.39, 0.29) is 35.0 Å². The van der Waals surface area contributed by atoms with Crippen molar-refractivity contribution in [3.63, 3.8) is 0 Å². The zero-order chi connectivity index (χ0) is 28.8. The molecule has 4 rings (SSSR count). The third-order valence-electron chi connectivity index (χ3n) is 7.82. The van der Waals surface area contributed by atoms with Gasteiger partial charge in [-0.2, -0.15) is 13.2 Å². The Morgan fingerprint density at radius 2 is 1.64 bits per heavy atom. The molecule has 2 aromatic rings. The number of rotatable bonds is 7. The summed E-state index contributed by atoms with van der Waals surface area (Å²) in [6.07, 6.45) is -4.46. The number of carbonyl (C=O) groups excluding carboxylic acids is 1. The van der Waals surface area contributed by atoms with E-state index < -0.39 is 26.5 Å². The van der Waals surface area contributed by atoms with Crippen molar-refractivity contribution in [3.05, 3.63) is 35.7 Å². The molecule has 0 aliphatic carbocycles. The third kappa shape index (κ3) is 6.07. The average Bonchev–Trinajstić information content (AvgIpc) is 3.06. The van der Waals surface area contributed by atoms with Crippen LogP contribution in [0.25, 0.3) is 0 Å². The van der Waals surface area contributed by atoms with E-state index in [0.29, 0.717) is 24.5 Å². The van der Waals surface area contributed by atoms with Gasteiger partial charge in [-0.25, -0.2) is 9.97 Å². The van der Waals surface area contributed by atoms with E-state index in [2.05, 4.69) is 49.1 Å². The molecule has 8 nitrogen and oxygen atoms in total. The van der Waals surface area contributed by atoms with Gasteiger partial charge in [0.15, 0.2) is 14.1 Å². The molecule has 0 radical (unpaired) electrons. The van der Waals surface area contributed by atoms with Gasteiger partial charge in [0, 0.05) is 18.8 Å². The van der Waals surface area contributed by atoms with Gasteiger partial charge in [-0.15, -0.1) is 0 Å². The summed E-state index contributed by atoms with van der Waals surface area (Å²) in [6, 6.07) is 7.55.